The van der Waals surface area contributed by atoms with Crippen molar-refractivity contribution in [1.82, 2.24) is 20.5 Å². The minimum Gasteiger partial charge on any atom is -0.481 e. The molecule has 4 unspecified atom stereocenters. The number of rotatable bonds is 13. The van der Waals surface area contributed by atoms with Crippen LogP contribution in [0, 0.1) is 0 Å². The number of likely N-dealkylation sites (tertiary alicyclic amines) is 1. The number of para-hydroxylation sites is 1. The van der Waals surface area contributed by atoms with Gasteiger partial charge in [-0.15, -0.1) is 0 Å². The second-order valence-electron chi connectivity index (χ2n) is 10.4. The molecule has 3 aromatic rings. The zero-order valence-corrected chi connectivity index (χ0v) is 23.0. The molecule has 1 aliphatic rings. The lowest BCUT2D eigenvalue weighted by Crippen LogP contribution is -2.57. The van der Waals surface area contributed by atoms with Crippen molar-refractivity contribution >= 4 is 40.6 Å². The maximum absolute atomic E-state index is 13.7. The van der Waals surface area contributed by atoms with Crippen LogP contribution in [0.2, 0.25) is 0 Å². The van der Waals surface area contributed by atoms with Crippen LogP contribution in [-0.4, -0.2) is 80.5 Å². The van der Waals surface area contributed by atoms with E-state index in [0.717, 1.165) is 22.0 Å². The molecule has 1 aliphatic heterocycles. The first-order chi connectivity index (χ1) is 20.1. The summed E-state index contributed by atoms with van der Waals surface area (Å²) in [6, 6.07) is 12.0. The smallest absolute Gasteiger partial charge is 0.326 e. The molecule has 0 radical (unpaired) electrons. The summed E-state index contributed by atoms with van der Waals surface area (Å²) in [4.78, 5) is 67.8. The molecule has 222 valence electrons. The van der Waals surface area contributed by atoms with Gasteiger partial charge >= 0.3 is 11.9 Å². The molecule has 2 aromatic carbocycles. The first-order valence-electron chi connectivity index (χ1n) is 13.8. The average Bonchev–Trinajstić information content (AvgIpc) is 3.63. The van der Waals surface area contributed by atoms with Crippen molar-refractivity contribution in [2.24, 2.45) is 5.73 Å². The van der Waals surface area contributed by atoms with Crippen molar-refractivity contribution in [3.8, 4) is 0 Å². The summed E-state index contributed by atoms with van der Waals surface area (Å²) in [5.74, 6) is -4.27. The number of aromatic amines is 1. The van der Waals surface area contributed by atoms with E-state index >= 15 is 0 Å². The lowest BCUT2D eigenvalue weighted by molar-refractivity contribution is -0.149. The van der Waals surface area contributed by atoms with E-state index in [1.165, 1.54) is 4.90 Å². The Kier molecular flexibility index (Phi) is 9.92. The highest BCUT2D eigenvalue weighted by Gasteiger charge is 2.38. The van der Waals surface area contributed by atoms with Crippen molar-refractivity contribution in [3.63, 3.8) is 0 Å². The van der Waals surface area contributed by atoms with Crippen molar-refractivity contribution in [1.29, 1.82) is 0 Å². The predicted molar refractivity (Wildman–Crippen MR) is 153 cm³/mol. The second kappa shape index (κ2) is 13.8. The SMILES string of the molecule is NC(Cc1ccccc1)C(=O)NC(CCC(=O)O)C(=O)NC(Cc1c[nH]c2ccccc12)C(=O)N1CCCC1C(=O)O. The number of carboxylic acid groups (broad SMARTS) is 2. The number of aliphatic carboxylic acids is 2. The van der Waals surface area contributed by atoms with E-state index in [-0.39, 0.29) is 25.8 Å². The Balaban J connectivity index is 1.55. The third-order valence-electron chi connectivity index (χ3n) is 7.45. The Hall–Kier alpha value is -4.71. The Bertz CT molecular complexity index is 1440. The average molecular weight is 578 g/mol. The highest BCUT2D eigenvalue weighted by Crippen LogP contribution is 2.23. The van der Waals surface area contributed by atoms with E-state index in [4.69, 9.17) is 5.73 Å². The zero-order chi connectivity index (χ0) is 30.2. The molecule has 12 nitrogen and oxygen atoms in total. The molecular weight excluding hydrogens is 542 g/mol. The Morgan fingerprint density at radius 3 is 2.33 bits per heavy atom. The highest BCUT2D eigenvalue weighted by molar-refractivity contribution is 5.95. The summed E-state index contributed by atoms with van der Waals surface area (Å²) >= 11 is 0. The van der Waals surface area contributed by atoms with Crippen molar-refractivity contribution < 1.29 is 34.2 Å². The fourth-order valence-corrected chi connectivity index (χ4v) is 5.26. The van der Waals surface area contributed by atoms with Crippen molar-refractivity contribution in [2.45, 2.75) is 62.7 Å². The number of nitrogens with two attached hydrogens (primary N) is 1. The highest BCUT2D eigenvalue weighted by atomic mass is 16.4. The molecule has 0 spiro atoms. The fourth-order valence-electron chi connectivity index (χ4n) is 5.26. The van der Waals surface area contributed by atoms with E-state index in [1.54, 1.807) is 6.20 Å². The van der Waals surface area contributed by atoms with Gasteiger partial charge in [-0.1, -0.05) is 48.5 Å². The molecule has 4 rings (SSSR count). The van der Waals surface area contributed by atoms with E-state index in [9.17, 15) is 34.2 Å². The monoisotopic (exact) mass is 577 g/mol. The Labute approximate surface area is 242 Å². The molecule has 0 bridgehead atoms. The summed E-state index contributed by atoms with van der Waals surface area (Å²) in [6.45, 7) is 0.226. The van der Waals surface area contributed by atoms with Crippen LogP contribution in [0.4, 0.5) is 0 Å². The van der Waals surface area contributed by atoms with Gasteiger partial charge in [0.25, 0.3) is 0 Å². The van der Waals surface area contributed by atoms with Crippen LogP contribution < -0.4 is 16.4 Å². The quantitative estimate of drug-likeness (QED) is 0.174. The predicted octanol–water partition coefficient (Wildman–Crippen LogP) is 1.19. The number of nitrogens with zero attached hydrogens (tertiary/aromatic N) is 1. The molecule has 1 aromatic heterocycles. The molecule has 1 saturated heterocycles. The number of hydrogen-bond acceptors (Lipinski definition) is 6. The number of nitrogens with one attached hydrogen (secondary N) is 3. The van der Waals surface area contributed by atoms with Gasteiger partial charge in [0.2, 0.25) is 17.7 Å². The lowest BCUT2D eigenvalue weighted by Gasteiger charge is -2.29. The van der Waals surface area contributed by atoms with Gasteiger partial charge in [0.1, 0.15) is 18.1 Å². The maximum atomic E-state index is 13.7. The minimum atomic E-state index is -1.29. The molecule has 12 heteroatoms. The number of hydrogen-bond donors (Lipinski definition) is 6. The van der Waals surface area contributed by atoms with Gasteiger partial charge in [-0.05, 0) is 42.9 Å². The van der Waals surface area contributed by atoms with Gasteiger partial charge in [-0.2, -0.15) is 0 Å². The molecule has 3 amide bonds. The standard InChI is InChI=1S/C30H35N5O7/c31-21(15-18-7-2-1-3-8-18)27(38)33-23(12-13-26(36)37)28(39)34-24(29(40)35-14-6-11-25(35)30(41)42)16-19-17-32-22-10-5-4-9-20(19)22/h1-5,7-10,17,21,23-25,32H,6,11-16,31H2,(H,33,38)(H,34,39)(H,36,37)(H,41,42). The third kappa shape index (κ3) is 7.52. The van der Waals surface area contributed by atoms with Gasteiger partial charge in [-0.3, -0.25) is 19.2 Å². The van der Waals surface area contributed by atoms with Gasteiger partial charge in [0.15, 0.2) is 0 Å². The second-order valence-corrected chi connectivity index (χ2v) is 10.4. The van der Waals surface area contributed by atoms with Crippen LogP contribution in [0.5, 0.6) is 0 Å². The van der Waals surface area contributed by atoms with Crippen LogP contribution in [0.15, 0.2) is 60.8 Å². The van der Waals surface area contributed by atoms with Crippen LogP contribution in [0.25, 0.3) is 10.9 Å². The maximum Gasteiger partial charge on any atom is 0.326 e. The van der Waals surface area contributed by atoms with Gasteiger partial charge in [-0.25, -0.2) is 4.79 Å². The molecule has 7 N–H and O–H groups in total. The minimum absolute atomic E-state index is 0.0462. The van der Waals surface area contributed by atoms with E-state index < -0.39 is 60.2 Å². The topological polar surface area (TPSA) is 195 Å². The van der Waals surface area contributed by atoms with Crippen LogP contribution in [-0.2, 0) is 36.8 Å². The Morgan fingerprint density at radius 1 is 0.929 bits per heavy atom. The molecule has 42 heavy (non-hydrogen) atoms. The zero-order valence-electron chi connectivity index (χ0n) is 23.0. The van der Waals surface area contributed by atoms with Crippen LogP contribution in [0.1, 0.15) is 36.8 Å². The molecule has 0 saturated carbocycles. The molecular formula is C30H35N5O7. The van der Waals surface area contributed by atoms with Crippen LogP contribution >= 0.6 is 0 Å². The Morgan fingerprint density at radius 2 is 1.62 bits per heavy atom. The third-order valence-corrected chi connectivity index (χ3v) is 7.45. The summed E-state index contributed by atoms with van der Waals surface area (Å²) in [5.41, 5.74) is 8.46. The number of H-pyrrole nitrogens is 1. The molecule has 0 aliphatic carbocycles. The number of amides is 3. The number of carbonyl (C=O) groups is 5. The number of carboxylic acids is 2. The fraction of sp³-hybridized carbons (Fsp3) is 0.367. The van der Waals surface area contributed by atoms with Crippen molar-refractivity contribution in [3.05, 3.63) is 71.9 Å². The normalized spacial score (nSPS) is 16.9. The summed E-state index contributed by atoms with van der Waals surface area (Å²) in [6.07, 6.45) is 2.12. The summed E-state index contributed by atoms with van der Waals surface area (Å²) in [5, 5.41) is 25.0. The van der Waals surface area contributed by atoms with Gasteiger partial charge < -0.3 is 36.5 Å². The molecule has 2 heterocycles. The number of fused-ring (bicyclic) bond motifs is 1. The summed E-state index contributed by atoms with van der Waals surface area (Å²) in [7, 11) is 0. The number of carbonyl (C=O) groups excluding carboxylic acids is 3. The number of benzene rings is 2. The lowest BCUT2D eigenvalue weighted by atomic mass is 10.0. The first-order valence-corrected chi connectivity index (χ1v) is 13.8. The van der Waals surface area contributed by atoms with Gasteiger partial charge in [0.05, 0.1) is 6.04 Å². The van der Waals surface area contributed by atoms with E-state index in [2.05, 4.69) is 15.6 Å². The largest absolute Gasteiger partial charge is 0.481 e. The van der Waals surface area contributed by atoms with E-state index in [1.807, 2.05) is 54.6 Å². The summed E-state index contributed by atoms with van der Waals surface area (Å²) < 4.78 is 0. The molecule has 1 fully saturated rings. The molecule has 4 atom stereocenters. The number of aromatic nitrogens is 1. The van der Waals surface area contributed by atoms with Gasteiger partial charge in [0, 0.05) is 36.5 Å². The first kappa shape index (κ1) is 30.3. The van der Waals surface area contributed by atoms with Crippen LogP contribution in [0.3, 0.4) is 0 Å². The van der Waals surface area contributed by atoms with Crippen molar-refractivity contribution in [2.75, 3.05) is 6.54 Å². The van der Waals surface area contributed by atoms with E-state index in [0.29, 0.717) is 12.8 Å².